The molecular formula is C21H32N5O+. The molecule has 1 aliphatic carbocycles. The molecule has 1 N–H and O–H groups in total. The van der Waals surface area contributed by atoms with Crippen LogP contribution in [0.1, 0.15) is 75.3 Å². The zero-order valence-corrected chi connectivity index (χ0v) is 16.6. The number of quaternary nitrogens is 1. The van der Waals surface area contributed by atoms with E-state index in [0.29, 0.717) is 6.04 Å². The third kappa shape index (κ3) is 4.00. The van der Waals surface area contributed by atoms with Crippen LogP contribution in [0.4, 0.5) is 0 Å². The van der Waals surface area contributed by atoms with Gasteiger partial charge in [-0.2, -0.15) is 0 Å². The molecular weight excluding hydrogens is 338 g/mol. The van der Waals surface area contributed by atoms with Crippen LogP contribution < -0.4 is 9.64 Å². The van der Waals surface area contributed by atoms with Crippen molar-refractivity contribution in [2.75, 3.05) is 20.2 Å². The van der Waals surface area contributed by atoms with Crippen LogP contribution in [0.5, 0.6) is 5.75 Å². The van der Waals surface area contributed by atoms with Gasteiger partial charge in [0.15, 0.2) is 6.04 Å². The van der Waals surface area contributed by atoms with E-state index in [-0.39, 0.29) is 6.04 Å². The van der Waals surface area contributed by atoms with Gasteiger partial charge in [-0.05, 0) is 66.3 Å². The molecule has 1 aromatic heterocycles. The van der Waals surface area contributed by atoms with Gasteiger partial charge in [0.1, 0.15) is 5.75 Å². The van der Waals surface area contributed by atoms with E-state index in [9.17, 15) is 0 Å². The topological polar surface area (TPSA) is 57.3 Å². The first kappa shape index (κ1) is 18.4. The van der Waals surface area contributed by atoms with Gasteiger partial charge in [0.05, 0.1) is 26.2 Å². The van der Waals surface area contributed by atoms with Crippen molar-refractivity contribution in [2.45, 2.75) is 64.0 Å². The maximum Gasteiger partial charge on any atom is 0.214 e. The highest BCUT2D eigenvalue weighted by Gasteiger charge is 2.35. The number of nitrogens with zero attached hydrogens (tertiary/aromatic N) is 4. The lowest BCUT2D eigenvalue weighted by molar-refractivity contribution is -0.932. The highest BCUT2D eigenvalue weighted by molar-refractivity contribution is 5.30. The van der Waals surface area contributed by atoms with Gasteiger partial charge in [-0.1, -0.05) is 26.2 Å². The molecule has 2 fully saturated rings. The van der Waals surface area contributed by atoms with Gasteiger partial charge in [-0.3, -0.25) is 0 Å². The number of rotatable bonds is 5. The maximum atomic E-state index is 5.37. The molecule has 2 aliphatic rings. The molecule has 1 aromatic carbocycles. The number of tetrazole rings is 1. The van der Waals surface area contributed by atoms with Gasteiger partial charge < -0.3 is 9.64 Å². The Hall–Kier alpha value is -1.95. The standard InChI is InChI=1S/C21H31N5O/c1-16-12-14-25(15-13-16)20(17-8-10-19(27-2)11-9-17)21-22-23-24-26(21)18-6-4-3-5-7-18/h8-11,16,18,20H,3-7,12-15H2,1-2H3/p+1/t20-/m0/s1. The molecule has 27 heavy (non-hydrogen) atoms. The van der Waals surface area contributed by atoms with Crippen molar-refractivity contribution in [2.24, 2.45) is 5.92 Å². The smallest absolute Gasteiger partial charge is 0.214 e. The van der Waals surface area contributed by atoms with Crippen molar-refractivity contribution >= 4 is 0 Å². The van der Waals surface area contributed by atoms with Crippen molar-refractivity contribution in [3.8, 4) is 5.75 Å². The second kappa shape index (κ2) is 8.38. The van der Waals surface area contributed by atoms with Crippen molar-refractivity contribution in [1.29, 1.82) is 0 Å². The summed E-state index contributed by atoms with van der Waals surface area (Å²) < 4.78 is 7.52. The van der Waals surface area contributed by atoms with E-state index >= 15 is 0 Å². The predicted octanol–water partition coefficient (Wildman–Crippen LogP) is 2.59. The molecule has 1 aliphatic heterocycles. The van der Waals surface area contributed by atoms with Crippen LogP contribution in [-0.4, -0.2) is 40.4 Å². The minimum Gasteiger partial charge on any atom is -0.497 e. The summed E-state index contributed by atoms with van der Waals surface area (Å²) in [6.07, 6.45) is 8.83. The number of hydrogen-bond acceptors (Lipinski definition) is 4. The monoisotopic (exact) mass is 370 g/mol. The molecule has 4 rings (SSSR count). The Bertz CT molecular complexity index is 714. The second-order valence-corrected chi connectivity index (χ2v) is 8.32. The fourth-order valence-electron chi connectivity index (χ4n) is 4.76. The van der Waals surface area contributed by atoms with Crippen LogP contribution >= 0.6 is 0 Å². The van der Waals surface area contributed by atoms with Crippen LogP contribution in [0, 0.1) is 5.92 Å². The summed E-state index contributed by atoms with van der Waals surface area (Å²) in [5, 5.41) is 13.1. The van der Waals surface area contributed by atoms with Crippen molar-refractivity contribution in [3.63, 3.8) is 0 Å². The molecule has 6 nitrogen and oxygen atoms in total. The Morgan fingerprint density at radius 2 is 1.74 bits per heavy atom. The van der Waals surface area contributed by atoms with Gasteiger partial charge in [0.25, 0.3) is 0 Å². The summed E-state index contributed by atoms with van der Waals surface area (Å²) in [4.78, 5) is 1.59. The van der Waals surface area contributed by atoms with E-state index in [1.807, 2.05) is 0 Å². The molecule has 1 saturated carbocycles. The molecule has 1 atom stereocenters. The molecule has 2 heterocycles. The Kier molecular flexibility index (Phi) is 5.72. The molecule has 0 unspecified atom stereocenters. The van der Waals surface area contributed by atoms with Crippen molar-refractivity contribution < 1.29 is 9.64 Å². The van der Waals surface area contributed by atoms with Gasteiger partial charge in [-0.25, -0.2) is 4.68 Å². The lowest BCUT2D eigenvalue weighted by atomic mass is 9.93. The number of hydrogen-bond donors (Lipinski definition) is 1. The van der Waals surface area contributed by atoms with Crippen molar-refractivity contribution in [3.05, 3.63) is 35.7 Å². The zero-order valence-electron chi connectivity index (χ0n) is 16.6. The fraction of sp³-hybridized carbons (Fsp3) is 0.667. The minimum atomic E-state index is 0.195. The highest BCUT2D eigenvalue weighted by Crippen LogP contribution is 2.30. The molecule has 0 bridgehead atoms. The average Bonchev–Trinajstić information content (AvgIpc) is 3.20. The maximum absolute atomic E-state index is 5.37. The average molecular weight is 371 g/mol. The number of likely N-dealkylation sites (tertiary alicyclic amines) is 1. The first-order valence-corrected chi connectivity index (χ1v) is 10.5. The van der Waals surface area contributed by atoms with Crippen LogP contribution in [-0.2, 0) is 0 Å². The van der Waals surface area contributed by atoms with Crippen LogP contribution in [0.2, 0.25) is 0 Å². The summed E-state index contributed by atoms with van der Waals surface area (Å²) >= 11 is 0. The number of ether oxygens (including phenoxy) is 1. The third-order valence-electron chi connectivity index (χ3n) is 6.47. The second-order valence-electron chi connectivity index (χ2n) is 8.32. The molecule has 6 heteroatoms. The predicted molar refractivity (Wildman–Crippen MR) is 104 cm³/mol. The quantitative estimate of drug-likeness (QED) is 0.879. The van der Waals surface area contributed by atoms with E-state index in [2.05, 4.69) is 51.4 Å². The zero-order chi connectivity index (χ0) is 18.6. The number of benzene rings is 1. The Morgan fingerprint density at radius 1 is 1.04 bits per heavy atom. The number of piperidine rings is 1. The van der Waals surface area contributed by atoms with E-state index in [0.717, 1.165) is 17.5 Å². The Morgan fingerprint density at radius 3 is 2.41 bits per heavy atom. The largest absolute Gasteiger partial charge is 0.497 e. The van der Waals surface area contributed by atoms with Gasteiger partial charge in [0, 0.05) is 5.56 Å². The molecule has 0 spiro atoms. The Labute approximate surface area is 161 Å². The molecule has 0 amide bonds. The molecule has 0 radical (unpaired) electrons. The summed E-state index contributed by atoms with van der Waals surface area (Å²) in [6, 6.07) is 9.14. The van der Waals surface area contributed by atoms with Crippen LogP contribution in [0.15, 0.2) is 24.3 Å². The molecule has 2 aromatic rings. The lowest BCUT2D eigenvalue weighted by Crippen LogP contribution is -3.13. The highest BCUT2D eigenvalue weighted by atomic mass is 16.5. The minimum absolute atomic E-state index is 0.195. The van der Waals surface area contributed by atoms with Gasteiger partial charge in [-0.15, -0.1) is 5.10 Å². The van der Waals surface area contributed by atoms with Gasteiger partial charge >= 0.3 is 0 Å². The molecule has 1 saturated heterocycles. The van der Waals surface area contributed by atoms with Crippen LogP contribution in [0.3, 0.4) is 0 Å². The number of nitrogens with one attached hydrogen (secondary N) is 1. The third-order valence-corrected chi connectivity index (χ3v) is 6.47. The van der Waals surface area contributed by atoms with E-state index in [4.69, 9.17) is 4.74 Å². The van der Waals surface area contributed by atoms with E-state index in [1.54, 1.807) is 12.0 Å². The van der Waals surface area contributed by atoms with Crippen LogP contribution in [0.25, 0.3) is 0 Å². The molecule has 146 valence electrons. The summed E-state index contributed by atoms with van der Waals surface area (Å²) in [5.41, 5.74) is 1.28. The normalized spacial score (nSPS) is 25.3. The van der Waals surface area contributed by atoms with Crippen molar-refractivity contribution in [1.82, 2.24) is 20.2 Å². The number of aromatic nitrogens is 4. The summed E-state index contributed by atoms with van der Waals surface area (Å²) in [6.45, 7) is 4.72. The van der Waals surface area contributed by atoms with Gasteiger partial charge in [0.2, 0.25) is 5.82 Å². The summed E-state index contributed by atoms with van der Waals surface area (Å²) in [5.74, 6) is 2.75. The number of methoxy groups -OCH3 is 1. The summed E-state index contributed by atoms with van der Waals surface area (Å²) in [7, 11) is 1.72. The van der Waals surface area contributed by atoms with E-state index < -0.39 is 0 Å². The SMILES string of the molecule is COc1ccc([C@@H](c2nnnn2C2CCCCC2)[NH+]2CCC(C)CC2)cc1. The Balaban J connectivity index is 1.68. The lowest BCUT2D eigenvalue weighted by Gasteiger charge is -2.34. The first-order chi connectivity index (χ1) is 13.3. The van der Waals surface area contributed by atoms with E-state index in [1.165, 1.54) is 63.6 Å². The fourth-order valence-corrected chi connectivity index (χ4v) is 4.76. The first-order valence-electron chi connectivity index (χ1n) is 10.5.